The van der Waals surface area contributed by atoms with Gasteiger partial charge in [-0.3, -0.25) is 29.0 Å². The minimum Gasteiger partial charge on any atom is -0.446 e. The molecule has 2 aliphatic heterocycles. The Labute approximate surface area is 300 Å². The Morgan fingerprint density at radius 1 is 0.904 bits per heavy atom. The number of carbonyl (C=O) groups is 5. The van der Waals surface area contributed by atoms with E-state index >= 15 is 0 Å². The number of aryl methyl sites for hydroxylation is 1. The van der Waals surface area contributed by atoms with Crippen LogP contribution in [0.1, 0.15) is 96.0 Å². The maximum absolute atomic E-state index is 14.2. The van der Waals surface area contributed by atoms with Crippen molar-refractivity contribution in [3.05, 3.63) is 102 Å². The highest BCUT2D eigenvalue weighted by atomic mass is 16.3. The monoisotopic (exact) mass is 710 g/mol. The van der Waals surface area contributed by atoms with Crippen molar-refractivity contribution in [1.82, 2.24) is 41.1 Å². The lowest BCUT2D eigenvalue weighted by atomic mass is 10.0. The van der Waals surface area contributed by atoms with Crippen LogP contribution in [0.15, 0.2) is 76.2 Å². The van der Waals surface area contributed by atoms with Crippen molar-refractivity contribution in [3.8, 4) is 0 Å². The van der Waals surface area contributed by atoms with Gasteiger partial charge in [0.05, 0.1) is 0 Å². The summed E-state index contributed by atoms with van der Waals surface area (Å²) in [6.45, 7) is 5.53. The Bertz CT molecular complexity index is 1890. The SMILES string of the molecule is CC(C)C[C@H]1NC(=O)c2coc(n2)[C@H](Cc2ccccc2)NC(=O)[C@@H]2C[C@H](NC(=O)CCc3cccnc3)CN2C(=O)c2coc(n2)[C@@H](C)NC1=O. The van der Waals surface area contributed by atoms with Crippen LogP contribution >= 0.6 is 0 Å². The standard InChI is InChI=1S/C37H42N8O7/c1-21(2)14-26-32(47)39-22(3)35-44-29(20-51-35)37(50)45-18-25(40-31(46)12-11-24-10-7-13-38-17-24)16-30(45)34(49)42-27(15-23-8-5-4-6-9-23)36-43-28(19-52-36)33(48)41-26/h4-10,13,17,19-22,25-27,30H,11-12,14-16,18H2,1-3H3,(H,39,47)(H,40,46)(H,41,48)(H,42,49)/t22-,25+,26-,27+,30+/m1/s1. The molecular formula is C37H42N8O7. The number of hydrogen-bond donors (Lipinski definition) is 4. The Balaban J connectivity index is 1.31. The first-order valence-corrected chi connectivity index (χ1v) is 17.4. The second-order valence-corrected chi connectivity index (χ2v) is 13.6. The summed E-state index contributed by atoms with van der Waals surface area (Å²) in [7, 11) is 0. The van der Waals surface area contributed by atoms with Crippen LogP contribution in [0.5, 0.6) is 0 Å². The zero-order valence-corrected chi connectivity index (χ0v) is 29.2. The number of fused-ring (bicyclic) bond motifs is 5. The van der Waals surface area contributed by atoms with Gasteiger partial charge in [0.1, 0.15) is 36.7 Å². The summed E-state index contributed by atoms with van der Waals surface area (Å²) < 4.78 is 11.4. The molecule has 3 aromatic heterocycles. The van der Waals surface area contributed by atoms with E-state index in [0.29, 0.717) is 12.8 Å². The van der Waals surface area contributed by atoms with Gasteiger partial charge in [0.15, 0.2) is 11.4 Å². The van der Waals surface area contributed by atoms with E-state index in [-0.39, 0.29) is 60.8 Å². The Hall–Kier alpha value is -5.86. The van der Waals surface area contributed by atoms with Crippen molar-refractivity contribution in [1.29, 1.82) is 0 Å². The second-order valence-electron chi connectivity index (χ2n) is 13.6. The molecule has 5 amide bonds. The molecule has 6 rings (SSSR count). The summed E-state index contributed by atoms with van der Waals surface area (Å²) in [6, 6.07) is 8.97. The van der Waals surface area contributed by atoms with Crippen molar-refractivity contribution >= 4 is 29.5 Å². The second kappa shape index (κ2) is 16.0. The van der Waals surface area contributed by atoms with Crippen molar-refractivity contribution < 1.29 is 32.8 Å². The Kier molecular flexibility index (Phi) is 11.1. The highest BCUT2D eigenvalue weighted by Gasteiger charge is 2.42. The lowest BCUT2D eigenvalue weighted by molar-refractivity contribution is -0.126. The number of rotatable bonds is 8. The molecule has 4 aromatic rings. The van der Waals surface area contributed by atoms with E-state index in [2.05, 4.69) is 36.2 Å². The number of carbonyl (C=O) groups excluding carboxylic acids is 5. The molecule has 1 fully saturated rings. The summed E-state index contributed by atoms with van der Waals surface area (Å²) in [5.74, 6) is -2.22. The molecule has 4 bridgehead atoms. The molecule has 0 spiro atoms. The fourth-order valence-electron chi connectivity index (χ4n) is 6.43. The van der Waals surface area contributed by atoms with Crippen LogP contribution in [0.2, 0.25) is 0 Å². The van der Waals surface area contributed by atoms with Crippen molar-refractivity contribution in [3.63, 3.8) is 0 Å². The number of nitrogens with one attached hydrogen (secondary N) is 4. The number of pyridine rings is 1. The van der Waals surface area contributed by atoms with Crippen molar-refractivity contribution in [2.45, 2.75) is 83.1 Å². The fraction of sp³-hybridized carbons (Fsp3) is 0.405. The molecule has 272 valence electrons. The smallest absolute Gasteiger partial charge is 0.276 e. The predicted molar refractivity (Wildman–Crippen MR) is 185 cm³/mol. The molecule has 15 heteroatoms. The maximum Gasteiger partial charge on any atom is 0.276 e. The molecule has 4 N–H and O–H groups in total. The summed E-state index contributed by atoms with van der Waals surface area (Å²) in [5.41, 5.74) is 1.63. The quantitative estimate of drug-likeness (QED) is 0.211. The number of aromatic nitrogens is 3. The number of amides is 5. The van der Waals surface area contributed by atoms with Gasteiger partial charge in [-0.05, 0) is 49.3 Å². The van der Waals surface area contributed by atoms with E-state index in [1.807, 2.05) is 50.2 Å². The number of hydrogen-bond acceptors (Lipinski definition) is 10. The lowest BCUT2D eigenvalue weighted by Crippen LogP contribution is -2.48. The molecule has 5 heterocycles. The van der Waals surface area contributed by atoms with Crippen molar-refractivity contribution in [2.75, 3.05) is 6.54 Å². The van der Waals surface area contributed by atoms with Gasteiger partial charge in [0.2, 0.25) is 29.5 Å². The first-order valence-electron chi connectivity index (χ1n) is 17.4. The summed E-state index contributed by atoms with van der Waals surface area (Å²) >= 11 is 0. The van der Waals surface area contributed by atoms with Gasteiger partial charge < -0.3 is 35.0 Å². The van der Waals surface area contributed by atoms with Crippen LogP contribution in [0, 0.1) is 5.92 Å². The normalized spacial score (nSPS) is 22.5. The first-order chi connectivity index (χ1) is 25.0. The minimum atomic E-state index is -1.01. The molecule has 0 unspecified atom stereocenters. The Morgan fingerprint density at radius 3 is 2.38 bits per heavy atom. The van der Waals surface area contributed by atoms with Gasteiger partial charge in [-0.1, -0.05) is 50.2 Å². The van der Waals surface area contributed by atoms with Crippen LogP contribution in [-0.2, 0) is 27.2 Å². The third kappa shape index (κ3) is 8.71. The molecule has 15 nitrogen and oxygen atoms in total. The average molecular weight is 711 g/mol. The Morgan fingerprint density at radius 2 is 1.63 bits per heavy atom. The molecular weight excluding hydrogens is 668 g/mol. The highest BCUT2D eigenvalue weighted by Crippen LogP contribution is 2.25. The molecule has 1 saturated heterocycles. The molecule has 5 atom stereocenters. The molecule has 1 aromatic carbocycles. The van der Waals surface area contributed by atoms with Crippen LogP contribution < -0.4 is 21.3 Å². The van der Waals surface area contributed by atoms with E-state index in [4.69, 9.17) is 8.83 Å². The third-order valence-electron chi connectivity index (χ3n) is 9.04. The molecule has 0 radical (unpaired) electrons. The summed E-state index contributed by atoms with van der Waals surface area (Å²) in [6.07, 6.45) is 7.12. The predicted octanol–water partition coefficient (Wildman–Crippen LogP) is 2.83. The van der Waals surface area contributed by atoms with E-state index in [1.54, 1.807) is 25.4 Å². The topological polar surface area (TPSA) is 202 Å². The van der Waals surface area contributed by atoms with Crippen LogP contribution in [0.3, 0.4) is 0 Å². The average Bonchev–Trinajstić information content (AvgIpc) is 3.91. The zero-order chi connectivity index (χ0) is 36.8. The van der Waals surface area contributed by atoms with Gasteiger partial charge in [0.25, 0.3) is 11.8 Å². The van der Waals surface area contributed by atoms with Gasteiger partial charge in [-0.2, -0.15) is 0 Å². The molecule has 0 saturated carbocycles. The van der Waals surface area contributed by atoms with Gasteiger partial charge in [0, 0.05) is 37.8 Å². The largest absolute Gasteiger partial charge is 0.446 e. The number of nitrogens with zero attached hydrogens (tertiary/aromatic N) is 4. The van der Waals surface area contributed by atoms with Gasteiger partial charge in [-0.15, -0.1) is 0 Å². The van der Waals surface area contributed by atoms with E-state index < -0.39 is 53.8 Å². The van der Waals surface area contributed by atoms with Crippen LogP contribution in [-0.4, -0.2) is 74.1 Å². The zero-order valence-electron chi connectivity index (χ0n) is 29.2. The molecule has 52 heavy (non-hydrogen) atoms. The third-order valence-corrected chi connectivity index (χ3v) is 9.04. The fourth-order valence-corrected chi connectivity index (χ4v) is 6.43. The lowest BCUT2D eigenvalue weighted by Gasteiger charge is -2.25. The minimum absolute atomic E-state index is 0.0353. The first kappa shape index (κ1) is 35.9. The van der Waals surface area contributed by atoms with E-state index in [0.717, 1.165) is 11.1 Å². The maximum atomic E-state index is 14.2. The van der Waals surface area contributed by atoms with Gasteiger partial charge in [-0.25, -0.2) is 9.97 Å². The summed E-state index contributed by atoms with van der Waals surface area (Å²) in [5, 5.41) is 11.5. The number of benzene rings is 1. The summed E-state index contributed by atoms with van der Waals surface area (Å²) in [4.78, 5) is 82.3. The van der Waals surface area contributed by atoms with Crippen molar-refractivity contribution in [2.24, 2.45) is 5.92 Å². The van der Waals surface area contributed by atoms with E-state index in [1.165, 1.54) is 17.4 Å². The van der Waals surface area contributed by atoms with Crippen LogP contribution in [0.4, 0.5) is 0 Å². The molecule has 0 aliphatic carbocycles. The number of oxazole rings is 2. The molecule has 2 aliphatic rings. The highest BCUT2D eigenvalue weighted by molar-refractivity contribution is 5.97. The van der Waals surface area contributed by atoms with Crippen LogP contribution in [0.25, 0.3) is 0 Å². The van der Waals surface area contributed by atoms with Gasteiger partial charge >= 0.3 is 0 Å². The van der Waals surface area contributed by atoms with E-state index in [9.17, 15) is 24.0 Å².